The van der Waals surface area contributed by atoms with E-state index in [1.165, 1.54) is 18.2 Å². The largest absolute Gasteiger partial charge is 0.465 e. The Bertz CT molecular complexity index is 1100. The predicted octanol–water partition coefficient (Wildman–Crippen LogP) is 4.03. The molecule has 1 aliphatic heterocycles. The van der Waals surface area contributed by atoms with Crippen LogP contribution in [0.5, 0.6) is 0 Å². The maximum Gasteiger partial charge on any atom is 0.340 e. The second kappa shape index (κ2) is 8.94. The summed E-state index contributed by atoms with van der Waals surface area (Å²) in [5, 5.41) is 0. The monoisotopic (exact) mass is 422 g/mol. The van der Waals surface area contributed by atoms with Crippen molar-refractivity contribution in [3.8, 4) is 5.69 Å². The molecule has 3 rings (SSSR count). The molecule has 1 aromatic heterocycles. The molecule has 6 nitrogen and oxygen atoms in total. The average Bonchev–Trinajstić information content (AvgIpc) is 3.14. The maximum absolute atomic E-state index is 13.2. The molecule has 0 atom stereocenters. The third-order valence-electron chi connectivity index (χ3n) is 5.94. The van der Waals surface area contributed by atoms with Crippen LogP contribution >= 0.6 is 0 Å². The topological polar surface area (TPSA) is 60.8 Å². The van der Waals surface area contributed by atoms with Gasteiger partial charge in [-0.05, 0) is 75.6 Å². The second-order valence-electron chi connectivity index (χ2n) is 7.89. The molecule has 0 saturated heterocycles. The number of aryl methyl sites for hydroxylation is 3. The number of aromatic nitrogens is 1. The number of amides is 1. The Hall–Kier alpha value is -3.12. The standard InChI is InChI=1S/C25H30N2O4/c1-15-8-9-21(12-16(15)2)27-17(3)13-20(18(27)4)14-22-23(25(29)31-7)19(5)26(24(22)28)10-11-30-6/h8-9,12-14H,10-11H2,1-7H3. The van der Waals surface area contributed by atoms with Crippen LogP contribution in [0.25, 0.3) is 11.8 Å². The molecule has 0 bridgehead atoms. The minimum Gasteiger partial charge on any atom is -0.465 e. The molecule has 0 spiro atoms. The summed E-state index contributed by atoms with van der Waals surface area (Å²) in [5.74, 6) is -0.731. The fourth-order valence-corrected chi connectivity index (χ4v) is 4.03. The number of ether oxygens (including phenoxy) is 2. The van der Waals surface area contributed by atoms with Gasteiger partial charge in [0, 0.05) is 36.4 Å². The Morgan fingerprint density at radius 2 is 1.74 bits per heavy atom. The lowest BCUT2D eigenvalue weighted by atomic mass is 10.0. The number of esters is 1. The fraction of sp³-hybridized carbons (Fsp3) is 0.360. The first-order valence-corrected chi connectivity index (χ1v) is 10.3. The van der Waals surface area contributed by atoms with Crippen molar-refractivity contribution in [1.82, 2.24) is 9.47 Å². The fourth-order valence-electron chi connectivity index (χ4n) is 4.03. The van der Waals surface area contributed by atoms with Crippen LogP contribution < -0.4 is 0 Å². The van der Waals surface area contributed by atoms with Crippen molar-refractivity contribution in [2.24, 2.45) is 0 Å². The smallest absolute Gasteiger partial charge is 0.340 e. The van der Waals surface area contributed by atoms with E-state index in [9.17, 15) is 9.59 Å². The van der Waals surface area contributed by atoms with Crippen LogP contribution in [0, 0.1) is 27.7 Å². The van der Waals surface area contributed by atoms with Gasteiger partial charge in [-0.25, -0.2) is 4.79 Å². The Labute approximate surface area is 183 Å². The highest BCUT2D eigenvalue weighted by atomic mass is 16.5. The van der Waals surface area contributed by atoms with Gasteiger partial charge < -0.3 is 18.9 Å². The molecule has 0 radical (unpaired) electrons. The molecule has 1 amide bonds. The number of carbonyl (C=O) groups excluding carboxylic acids is 2. The van der Waals surface area contributed by atoms with Gasteiger partial charge in [-0.2, -0.15) is 0 Å². The van der Waals surface area contributed by atoms with Crippen molar-refractivity contribution < 1.29 is 19.1 Å². The lowest BCUT2D eigenvalue weighted by molar-refractivity contribution is -0.136. The quantitative estimate of drug-likeness (QED) is 0.521. The Kier molecular flexibility index (Phi) is 6.51. The van der Waals surface area contributed by atoms with Crippen LogP contribution in [0.2, 0.25) is 0 Å². The summed E-state index contributed by atoms with van der Waals surface area (Å²) in [5.41, 5.74) is 7.71. The minimum absolute atomic E-state index is 0.217. The third kappa shape index (κ3) is 4.08. The molecule has 2 aromatic rings. The number of methoxy groups -OCH3 is 2. The maximum atomic E-state index is 13.2. The summed E-state index contributed by atoms with van der Waals surface area (Å²) in [6, 6.07) is 8.39. The van der Waals surface area contributed by atoms with E-state index in [0.717, 1.165) is 22.6 Å². The second-order valence-corrected chi connectivity index (χ2v) is 7.89. The first-order valence-electron chi connectivity index (χ1n) is 10.3. The summed E-state index contributed by atoms with van der Waals surface area (Å²) in [7, 11) is 2.91. The number of hydrogen-bond donors (Lipinski definition) is 0. The van der Waals surface area contributed by atoms with Gasteiger partial charge in [0.2, 0.25) is 0 Å². The van der Waals surface area contributed by atoms with Crippen molar-refractivity contribution in [2.75, 3.05) is 27.4 Å². The van der Waals surface area contributed by atoms with Gasteiger partial charge >= 0.3 is 5.97 Å². The van der Waals surface area contributed by atoms with Gasteiger partial charge in [0.05, 0.1) is 24.9 Å². The first kappa shape index (κ1) is 22.6. The van der Waals surface area contributed by atoms with Gasteiger partial charge in [-0.3, -0.25) is 4.79 Å². The van der Waals surface area contributed by atoms with Crippen molar-refractivity contribution in [2.45, 2.75) is 34.6 Å². The Morgan fingerprint density at radius 3 is 2.35 bits per heavy atom. The SMILES string of the molecule is COCCN1C(=O)C(=Cc2cc(C)n(-c3ccc(C)c(C)c3)c2C)C(C(=O)OC)=C1C. The summed E-state index contributed by atoms with van der Waals surface area (Å²) < 4.78 is 12.3. The molecule has 0 fully saturated rings. The molecular formula is C25H30N2O4. The highest BCUT2D eigenvalue weighted by molar-refractivity contribution is 6.16. The van der Waals surface area contributed by atoms with E-state index >= 15 is 0 Å². The van der Waals surface area contributed by atoms with Crippen LogP contribution in [0.4, 0.5) is 0 Å². The van der Waals surface area contributed by atoms with Gasteiger partial charge in [0.25, 0.3) is 5.91 Å². The summed E-state index contributed by atoms with van der Waals surface area (Å²) in [6.07, 6.45) is 1.80. The van der Waals surface area contributed by atoms with E-state index in [2.05, 4.69) is 36.6 Å². The van der Waals surface area contributed by atoms with Crippen LogP contribution in [-0.2, 0) is 19.1 Å². The highest BCUT2D eigenvalue weighted by Crippen LogP contribution is 2.33. The lowest BCUT2D eigenvalue weighted by Crippen LogP contribution is -2.28. The van der Waals surface area contributed by atoms with Gasteiger partial charge in [-0.1, -0.05) is 6.07 Å². The number of carbonyl (C=O) groups is 2. The molecule has 6 heteroatoms. The van der Waals surface area contributed by atoms with E-state index in [0.29, 0.717) is 30.0 Å². The molecule has 1 aliphatic rings. The highest BCUT2D eigenvalue weighted by Gasteiger charge is 2.37. The molecule has 164 valence electrons. The first-order chi connectivity index (χ1) is 14.7. The van der Waals surface area contributed by atoms with E-state index in [-0.39, 0.29) is 5.91 Å². The van der Waals surface area contributed by atoms with Crippen LogP contribution in [0.15, 0.2) is 41.1 Å². The lowest BCUT2D eigenvalue weighted by Gasteiger charge is -2.16. The van der Waals surface area contributed by atoms with Crippen molar-refractivity contribution in [1.29, 1.82) is 0 Å². The van der Waals surface area contributed by atoms with E-state index < -0.39 is 5.97 Å². The molecule has 2 heterocycles. The van der Waals surface area contributed by atoms with Crippen LogP contribution in [0.1, 0.15) is 35.0 Å². The molecule has 0 unspecified atom stereocenters. The third-order valence-corrected chi connectivity index (χ3v) is 5.94. The number of benzene rings is 1. The predicted molar refractivity (Wildman–Crippen MR) is 121 cm³/mol. The van der Waals surface area contributed by atoms with Crippen LogP contribution in [0.3, 0.4) is 0 Å². The number of hydrogen-bond acceptors (Lipinski definition) is 4. The van der Waals surface area contributed by atoms with Crippen molar-refractivity contribution in [3.05, 3.63) is 69.2 Å². The van der Waals surface area contributed by atoms with Crippen molar-refractivity contribution >= 4 is 18.0 Å². The molecular weight excluding hydrogens is 392 g/mol. The van der Waals surface area contributed by atoms with E-state index in [1.54, 1.807) is 25.0 Å². The van der Waals surface area contributed by atoms with Gasteiger partial charge in [0.1, 0.15) is 0 Å². The van der Waals surface area contributed by atoms with Gasteiger partial charge in [0.15, 0.2) is 0 Å². The Morgan fingerprint density at radius 1 is 1.03 bits per heavy atom. The Balaban J connectivity index is 2.10. The van der Waals surface area contributed by atoms with Gasteiger partial charge in [-0.15, -0.1) is 0 Å². The number of nitrogens with zero attached hydrogens (tertiary/aromatic N) is 2. The number of allylic oxidation sites excluding steroid dienone is 1. The molecule has 0 N–H and O–H groups in total. The average molecular weight is 423 g/mol. The molecule has 0 saturated carbocycles. The molecule has 0 aliphatic carbocycles. The minimum atomic E-state index is -0.514. The number of rotatable bonds is 6. The summed E-state index contributed by atoms with van der Waals surface area (Å²) >= 11 is 0. The van der Waals surface area contributed by atoms with Crippen LogP contribution in [-0.4, -0.2) is 48.7 Å². The van der Waals surface area contributed by atoms with Crippen molar-refractivity contribution in [3.63, 3.8) is 0 Å². The zero-order valence-corrected chi connectivity index (χ0v) is 19.3. The van der Waals surface area contributed by atoms with E-state index in [1.807, 2.05) is 19.9 Å². The zero-order chi connectivity index (χ0) is 22.9. The normalized spacial score (nSPS) is 15.4. The zero-order valence-electron chi connectivity index (χ0n) is 19.3. The molecule has 31 heavy (non-hydrogen) atoms. The summed E-state index contributed by atoms with van der Waals surface area (Å²) in [4.78, 5) is 27.2. The molecule has 1 aromatic carbocycles. The summed E-state index contributed by atoms with van der Waals surface area (Å²) in [6.45, 7) is 10.8. The van der Waals surface area contributed by atoms with E-state index in [4.69, 9.17) is 9.47 Å².